The summed E-state index contributed by atoms with van der Waals surface area (Å²) in [7, 11) is 0. The van der Waals surface area contributed by atoms with Gasteiger partial charge in [-0.15, -0.1) is 0 Å². The van der Waals surface area contributed by atoms with Crippen molar-refractivity contribution in [2.24, 2.45) is 0 Å². The van der Waals surface area contributed by atoms with Crippen LogP contribution in [0, 0.1) is 10.1 Å². The molecule has 9 heteroatoms. The highest BCUT2D eigenvalue weighted by Crippen LogP contribution is 2.28. The molecule has 0 radical (unpaired) electrons. The fourth-order valence-corrected chi connectivity index (χ4v) is 3.92. The van der Waals surface area contributed by atoms with Crippen LogP contribution in [0.5, 0.6) is 0 Å². The van der Waals surface area contributed by atoms with Crippen molar-refractivity contribution in [1.29, 1.82) is 0 Å². The molecule has 0 fully saturated rings. The molecule has 2 N–H and O–H groups in total. The van der Waals surface area contributed by atoms with E-state index in [4.69, 9.17) is 4.42 Å². The zero-order valence-electron chi connectivity index (χ0n) is 18.6. The van der Waals surface area contributed by atoms with Gasteiger partial charge in [0.25, 0.3) is 11.6 Å². The van der Waals surface area contributed by atoms with Crippen LogP contribution in [-0.4, -0.2) is 25.8 Å². The van der Waals surface area contributed by atoms with Gasteiger partial charge in [0.15, 0.2) is 5.58 Å². The number of nitrogens with zero attached hydrogens (tertiary/aromatic N) is 3. The number of anilines is 1. The van der Waals surface area contributed by atoms with Gasteiger partial charge in [-0.25, -0.2) is 9.97 Å². The van der Waals surface area contributed by atoms with Gasteiger partial charge >= 0.3 is 0 Å². The molecule has 2 heterocycles. The molecule has 0 saturated carbocycles. The number of oxazole rings is 1. The summed E-state index contributed by atoms with van der Waals surface area (Å²) in [6.45, 7) is 0. The summed E-state index contributed by atoms with van der Waals surface area (Å²) in [6, 6.07) is 26.1. The zero-order chi connectivity index (χ0) is 24.6. The number of nitro groups is 1. The second-order valence-corrected chi connectivity index (χ2v) is 8.14. The monoisotopic (exact) mass is 475 g/mol. The van der Waals surface area contributed by atoms with Gasteiger partial charge in [-0.1, -0.05) is 12.1 Å². The summed E-state index contributed by atoms with van der Waals surface area (Å²) in [4.78, 5) is 35.3. The molecule has 0 aliphatic carbocycles. The Balaban J connectivity index is 1.21. The van der Waals surface area contributed by atoms with Gasteiger partial charge in [-0.05, 0) is 66.7 Å². The number of nitrogens with one attached hydrogen (secondary N) is 2. The molecule has 2 aromatic heterocycles. The molecule has 0 saturated heterocycles. The van der Waals surface area contributed by atoms with Crippen molar-refractivity contribution < 1.29 is 14.1 Å². The molecule has 6 rings (SSSR count). The third kappa shape index (κ3) is 3.94. The highest BCUT2D eigenvalue weighted by molar-refractivity contribution is 6.04. The van der Waals surface area contributed by atoms with E-state index < -0.39 is 4.92 Å². The zero-order valence-corrected chi connectivity index (χ0v) is 18.6. The van der Waals surface area contributed by atoms with Crippen molar-refractivity contribution in [3.8, 4) is 22.8 Å². The third-order valence-electron chi connectivity index (χ3n) is 5.78. The number of fused-ring (bicyclic) bond motifs is 2. The number of non-ortho nitro benzene ring substituents is 1. The highest BCUT2D eigenvalue weighted by atomic mass is 16.6. The van der Waals surface area contributed by atoms with Gasteiger partial charge in [0.1, 0.15) is 11.3 Å². The SMILES string of the molecule is O=C(Nc1ccc(-c2nc3ccc(-c4nc5ccccc5o4)cc3[nH]2)cc1)c1ccc([N+](=O)[O-])cc1. The van der Waals surface area contributed by atoms with E-state index in [0.29, 0.717) is 23.0 Å². The number of H-pyrrole nitrogens is 1. The second-order valence-electron chi connectivity index (χ2n) is 8.14. The normalized spacial score (nSPS) is 11.1. The predicted molar refractivity (Wildman–Crippen MR) is 136 cm³/mol. The molecule has 6 aromatic rings. The van der Waals surface area contributed by atoms with Gasteiger partial charge < -0.3 is 14.7 Å². The average Bonchev–Trinajstić information content (AvgIpc) is 3.53. The molecule has 1 amide bonds. The molecule has 4 aromatic carbocycles. The molecular formula is C27H17N5O4. The second kappa shape index (κ2) is 8.48. The molecule has 0 aliphatic heterocycles. The Morgan fingerprint density at radius 2 is 1.61 bits per heavy atom. The summed E-state index contributed by atoms with van der Waals surface area (Å²) in [5, 5.41) is 13.6. The van der Waals surface area contributed by atoms with E-state index in [2.05, 4.69) is 20.3 Å². The number of carbonyl (C=O) groups is 1. The molecule has 0 atom stereocenters. The number of aromatic nitrogens is 3. The molecule has 0 bridgehead atoms. The predicted octanol–water partition coefficient (Wildman–Crippen LogP) is 6.20. The number of carbonyl (C=O) groups excluding carboxylic acids is 1. The van der Waals surface area contributed by atoms with Crippen LogP contribution >= 0.6 is 0 Å². The largest absolute Gasteiger partial charge is 0.436 e. The number of para-hydroxylation sites is 2. The number of nitro benzene ring substituents is 1. The summed E-state index contributed by atoms with van der Waals surface area (Å²) in [5.41, 5.74) is 5.75. The van der Waals surface area contributed by atoms with E-state index in [1.807, 2.05) is 54.6 Å². The maximum atomic E-state index is 12.5. The minimum absolute atomic E-state index is 0.0669. The molecule has 0 aliphatic rings. The first-order valence-electron chi connectivity index (χ1n) is 11.1. The lowest BCUT2D eigenvalue weighted by atomic mass is 10.1. The maximum absolute atomic E-state index is 12.5. The van der Waals surface area contributed by atoms with Crippen LogP contribution in [0.15, 0.2) is 95.4 Å². The Bertz CT molecular complexity index is 1720. The van der Waals surface area contributed by atoms with Crippen molar-refractivity contribution in [3.63, 3.8) is 0 Å². The first kappa shape index (κ1) is 21.2. The molecule has 174 valence electrons. The Labute approximate surface area is 203 Å². The molecule has 36 heavy (non-hydrogen) atoms. The van der Waals surface area contributed by atoms with E-state index in [-0.39, 0.29) is 11.6 Å². The number of rotatable bonds is 5. The topological polar surface area (TPSA) is 127 Å². The van der Waals surface area contributed by atoms with Crippen molar-refractivity contribution in [2.75, 3.05) is 5.32 Å². The molecule has 9 nitrogen and oxygen atoms in total. The van der Waals surface area contributed by atoms with Crippen molar-refractivity contribution in [1.82, 2.24) is 15.0 Å². The van der Waals surface area contributed by atoms with Gasteiger partial charge in [-0.2, -0.15) is 0 Å². The van der Waals surface area contributed by atoms with Crippen LogP contribution in [0.2, 0.25) is 0 Å². The third-order valence-corrected chi connectivity index (χ3v) is 5.78. The van der Waals surface area contributed by atoms with Crippen LogP contribution in [0.25, 0.3) is 45.0 Å². The maximum Gasteiger partial charge on any atom is 0.269 e. The Kier molecular flexibility index (Phi) is 5.00. The van der Waals surface area contributed by atoms with Crippen molar-refractivity contribution in [2.45, 2.75) is 0 Å². The van der Waals surface area contributed by atoms with Crippen LogP contribution in [0.4, 0.5) is 11.4 Å². The number of amides is 1. The van der Waals surface area contributed by atoms with E-state index in [0.717, 1.165) is 33.3 Å². The Morgan fingerprint density at radius 3 is 2.36 bits per heavy atom. The quantitative estimate of drug-likeness (QED) is 0.226. The fraction of sp³-hybridized carbons (Fsp3) is 0. The first-order valence-corrected chi connectivity index (χ1v) is 11.1. The first-order chi connectivity index (χ1) is 17.5. The fourth-order valence-electron chi connectivity index (χ4n) is 3.92. The van der Waals surface area contributed by atoms with Crippen LogP contribution in [0.1, 0.15) is 10.4 Å². The Morgan fingerprint density at radius 1 is 0.861 bits per heavy atom. The van der Waals surface area contributed by atoms with Crippen molar-refractivity contribution in [3.05, 3.63) is 107 Å². The van der Waals surface area contributed by atoms with E-state index in [9.17, 15) is 14.9 Å². The Hall–Kier alpha value is -5.31. The summed E-state index contributed by atoms with van der Waals surface area (Å²) >= 11 is 0. The summed E-state index contributed by atoms with van der Waals surface area (Å²) < 4.78 is 5.88. The number of hydrogen-bond donors (Lipinski definition) is 2. The molecule has 0 spiro atoms. The van der Waals surface area contributed by atoms with E-state index >= 15 is 0 Å². The smallest absolute Gasteiger partial charge is 0.269 e. The molecular weight excluding hydrogens is 458 g/mol. The average molecular weight is 475 g/mol. The lowest BCUT2D eigenvalue weighted by Crippen LogP contribution is -2.11. The lowest BCUT2D eigenvalue weighted by molar-refractivity contribution is -0.384. The molecule has 0 unspecified atom stereocenters. The van der Waals surface area contributed by atoms with Crippen molar-refractivity contribution >= 4 is 39.4 Å². The minimum atomic E-state index is -0.505. The highest BCUT2D eigenvalue weighted by Gasteiger charge is 2.13. The lowest BCUT2D eigenvalue weighted by Gasteiger charge is -2.06. The summed E-state index contributed by atoms with van der Waals surface area (Å²) in [5.74, 6) is 0.878. The van der Waals surface area contributed by atoms with Crippen LogP contribution in [0.3, 0.4) is 0 Å². The van der Waals surface area contributed by atoms with Gasteiger partial charge in [0.05, 0.1) is 16.0 Å². The number of aromatic amines is 1. The standard InChI is InChI=1S/C27H17N5O4/c33-26(17-7-12-20(13-8-17)32(34)35)28-19-10-5-16(6-11-19)25-29-21-14-9-18(15-23(21)30-25)27-31-22-3-1-2-4-24(22)36-27/h1-15H,(H,28,33)(H,29,30). The number of hydrogen-bond acceptors (Lipinski definition) is 6. The van der Waals surface area contributed by atoms with Crippen LogP contribution < -0.4 is 5.32 Å². The van der Waals surface area contributed by atoms with Crippen LogP contribution in [-0.2, 0) is 0 Å². The van der Waals surface area contributed by atoms with Gasteiger partial charge in [-0.3, -0.25) is 14.9 Å². The van der Waals surface area contributed by atoms with E-state index in [1.54, 1.807) is 12.1 Å². The van der Waals surface area contributed by atoms with Gasteiger partial charge in [0, 0.05) is 34.5 Å². The summed E-state index contributed by atoms with van der Waals surface area (Å²) in [6.07, 6.45) is 0. The minimum Gasteiger partial charge on any atom is -0.436 e. The van der Waals surface area contributed by atoms with E-state index in [1.165, 1.54) is 24.3 Å². The number of benzene rings is 4. The number of imidazole rings is 1. The van der Waals surface area contributed by atoms with Gasteiger partial charge in [0.2, 0.25) is 5.89 Å².